The van der Waals surface area contributed by atoms with Gasteiger partial charge in [-0.15, -0.1) is 0 Å². The maximum Gasteiger partial charge on any atom is 0.127 e. The highest BCUT2D eigenvalue weighted by Crippen LogP contribution is 2.36. The van der Waals surface area contributed by atoms with Gasteiger partial charge in [-0.05, 0) is 31.6 Å². The van der Waals surface area contributed by atoms with Crippen molar-refractivity contribution in [2.24, 2.45) is 5.92 Å². The van der Waals surface area contributed by atoms with Gasteiger partial charge in [-0.3, -0.25) is 0 Å². The molecule has 1 fully saturated rings. The minimum Gasteiger partial charge on any atom is -0.384 e. The molecule has 0 unspecified atom stereocenters. The third kappa shape index (κ3) is 3.42. The molecule has 0 aliphatic heterocycles. The Labute approximate surface area is 104 Å². The number of nitrogens with two attached hydrogens (primary N) is 1. The molecule has 1 aromatic rings. The van der Waals surface area contributed by atoms with Gasteiger partial charge in [-0.1, -0.05) is 26.2 Å². The summed E-state index contributed by atoms with van der Waals surface area (Å²) in [4.78, 5) is 8.32. The second-order valence-electron chi connectivity index (χ2n) is 5.23. The zero-order valence-electron chi connectivity index (χ0n) is 10.7. The third-order valence-electron chi connectivity index (χ3n) is 3.94. The largest absolute Gasteiger partial charge is 0.384 e. The van der Waals surface area contributed by atoms with E-state index in [0.29, 0.717) is 11.7 Å². The first kappa shape index (κ1) is 12.3. The van der Waals surface area contributed by atoms with E-state index >= 15 is 0 Å². The van der Waals surface area contributed by atoms with Gasteiger partial charge >= 0.3 is 0 Å². The highest BCUT2D eigenvalue weighted by atomic mass is 14.9. The molecule has 0 saturated heterocycles. The fraction of sp³-hybridized carbons (Fsp3) is 0.714. The lowest BCUT2D eigenvalue weighted by Gasteiger charge is -2.28. The van der Waals surface area contributed by atoms with Crippen molar-refractivity contribution in [1.29, 1.82) is 0 Å². The maximum atomic E-state index is 5.71. The second kappa shape index (κ2) is 5.99. The summed E-state index contributed by atoms with van der Waals surface area (Å²) in [6.07, 6.45) is 11.0. The molecular weight excluding hydrogens is 210 g/mol. The Kier molecular flexibility index (Phi) is 4.35. The van der Waals surface area contributed by atoms with Crippen LogP contribution >= 0.6 is 0 Å². The van der Waals surface area contributed by atoms with E-state index in [0.717, 1.165) is 11.6 Å². The molecule has 0 aromatic carbocycles. The molecule has 3 heteroatoms. The van der Waals surface area contributed by atoms with Crippen LogP contribution in [0.1, 0.15) is 63.5 Å². The highest BCUT2D eigenvalue weighted by Gasteiger charge is 2.22. The number of anilines is 1. The highest BCUT2D eigenvalue weighted by molar-refractivity contribution is 5.29. The van der Waals surface area contributed by atoms with E-state index in [-0.39, 0.29) is 0 Å². The predicted octanol–water partition coefficient (Wildman–Crippen LogP) is 3.52. The summed E-state index contributed by atoms with van der Waals surface area (Å²) in [7, 11) is 0. The molecule has 0 amide bonds. The lowest BCUT2D eigenvalue weighted by Crippen LogP contribution is -2.14. The van der Waals surface area contributed by atoms with Gasteiger partial charge < -0.3 is 5.73 Å². The Morgan fingerprint density at radius 1 is 1.24 bits per heavy atom. The van der Waals surface area contributed by atoms with Crippen molar-refractivity contribution >= 4 is 5.82 Å². The van der Waals surface area contributed by atoms with Gasteiger partial charge in [0, 0.05) is 17.7 Å². The molecule has 0 atom stereocenters. The molecule has 0 spiro atoms. The predicted molar refractivity (Wildman–Crippen MR) is 70.7 cm³/mol. The first-order valence-corrected chi connectivity index (χ1v) is 6.87. The molecule has 0 bridgehead atoms. The SMILES string of the molecule is CCCCC1CCC(c2cc(N)ncn2)CC1. The molecule has 0 radical (unpaired) electrons. The number of hydrogen-bond acceptors (Lipinski definition) is 3. The van der Waals surface area contributed by atoms with E-state index in [2.05, 4.69) is 16.9 Å². The summed E-state index contributed by atoms with van der Waals surface area (Å²) in [6, 6.07) is 1.94. The van der Waals surface area contributed by atoms with Gasteiger partial charge in [0.05, 0.1) is 0 Å². The van der Waals surface area contributed by atoms with E-state index in [4.69, 9.17) is 5.73 Å². The molecule has 1 saturated carbocycles. The van der Waals surface area contributed by atoms with E-state index < -0.39 is 0 Å². The fourth-order valence-electron chi connectivity index (χ4n) is 2.85. The van der Waals surface area contributed by atoms with Gasteiger partial charge in [0.25, 0.3) is 0 Å². The molecule has 1 aliphatic rings. The number of unbranched alkanes of at least 4 members (excludes halogenated alkanes) is 1. The Balaban J connectivity index is 1.86. The average molecular weight is 233 g/mol. The van der Waals surface area contributed by atoms with Crippen LogP contribution in [0.5, 0.6) is 0 Å². The molecule has 94 valence electrons. The monoisotopic (exact) mass is 233 g/mol. The standard InChI is InChI=1S/C14H23N3/c1-2-3-4-11-5-7-12(8-6-11)13-9-14(15)17-10-16-13/h9-12H,2-8H2,1H3,(H2,15,16,17). The summed E-state index contributed by atoms with van der Waals surface area (Å²) in [5, 5.41) is 0. The van der Waals surface area contributed by atoms with E-state index in [1.165, 1.54) is 44.9 Å². The molecule has 1 heterocycles. The number of hydrogen-bond donors (Lipinski definition) is 1. The smallest absolute Gasteiger partial charge is 0.127 e. The van der Waals surface area contributed by atoms with Crippen LogP contribution in [0.2, 0.25) is 0 Å². The van der Waals surface area contributed by atoms with Crippen molar-refractivity contribution in [1.82, 2.24) is 9.97 Å². The van der Waals surface area contributed by atoms with Crippen LogP contribution in [0, 0.1) is 5.92 Å². The van der Waals surface area contributed by atoms with Gasteiger partial charge in [0.2, 0.25) is 0 Å². The minimum absolute atomic E-state index is 0.600. The first-order valence-electron chi connectivity index (χ1n) is 6.87. The van der Waals surface area contributed by atoms with Gasteiger partial charge in [-0.25, -0.2) is 9.97 Å². The summed E-state index contributed by atoms with van der Waals surface area (Å²) < 4.78 is 0. The number of rotatable bonds is 4. The molecule has 1 aromatic heterocycles. The molecule has 2 rings (SSSR count). The van der Waals surface area contributed by atoms with Crippen molar-refractivity contribution in [2.75, 3.05) is 5.73 Å². The quantitative estimate of drug-likeness (QED) is 0.865. The number of aromatic nitrogens is 2. The van der Waals surface area contributed by atoms with Crippen LogP contribution in [0.15, 0.2) is 12.4 Å². The molecule has 17 heavy (non-hydrogen) atoms. The van der Waals surface area contributed by atoms with Crippen molar-refractivity contribution in [3.63, 3.8) is 0 Å². The third-order valence-corrected chi connectivity index (χ3v) is 3.94. The van der Waals surface area contributed by atoms with Gasteiger partial charge in [-0.2, -0.15) is 0 Å². The fourth-order valence-corrected chi connectivity index (χ4v) is 2.85. The normalized spacial score (nSPS) is 24.8. The van der Waals surface area contributed by atoms with Gasteiger partial charge in [0.15, 0.2) is 0 Å². The van der Waals surface area contributed by atoms with Crippen LogP contribution in [0.4, 0.5) is 5.82 Å². The lowest BCUT2D eigenvalue weighted by atomic mass is 9.78. The minimum atomic E-state index is 0.600. The van der Waals surface area contributed by atoms with Crippen molar-refractivity contribution in [2.45, 2.75) is 57.8 Å². The molecule has 3 nitrogen and oxygen atoms in total. The lowest BCUT2D eigenvalue weighted by molar-refractivity contribution is 0.301. The Morgan fingerprint density at radius 2 is 2.00 bits per heavy atom. The van der Waals surface area contributed by atoms with Crippen LogP contribution in [0.25, 0.3) is 0 Å². The summed E-state index contributed by atoms with van der Waals surface area (Å²) in [6.45, 7) is 2.27. The summed E-state index contributed by atoms with van der Waals surface area (Å²) in [5.41, 5.74) is 6.85. The number of nitrogens with zero attached hydrogens (tertiary/aromatic N) is 2. The number of nitrogen functional groups attached to an aromatic ring is 1. The van der Waals surface area contributed by atoms with E-state index in [9.17, 15) is 0 Å². The topological polar surface area (TPSA) is 51.8 Å². The van der Waals surface area contributed by atoms with Crippen LogP contribution in [0.3, 0.4) is 0 Å². The van der Waals surface area contributed by atoms with Crippen molar-refractivity contribution in [3.8, 4) is 0 Å². The first-order chi connectivity index (χ1) is 8.29. The zero-order valence-corrected chi connectivity index (χ0v) is 10.7. The maximum absolute atomic E-state index is 5.71. The van der Waals surface area contributed by atoms with Crippen LogP contribution < -0.4 is 5.73 Å². The Morgan fingerprint density at radius 3 is 2.65 bits per heavy atom. The average Bonchev–Trinajstić information content (AvgIpc) is 2.37. The van der Waals surface area contributed by atoms with Crippen LogP contribution in [-0.2, 0) is 0 Å². The van der Waals surface area contributed by atoms with Crippen molar-refractivity contribution in [3.05, 3.63) is 18.1 Å². The molecular formula is C14H23N3. The summed E-state index contributed by atoms with van der Waals surface area (Å²) >= 11 is 0. The van der Waals surface area contributed by atoms with Crippen molar-refractivity contribution < 1.29 is 0 Å². The zero-order chi connectivity index (χ0) is 12.1. The van der Waals surface area contributed by atoms with Crippen LogP contribution in [-0.4, -0.2) is 9.97 Å². The van der Waals surface area contributed by atoms with E-state index in [1.807, 2.05) is 6.07 Å². The molecule has 2 N–H and O–H groups in total. The Bertz CT molecular complexity index is 343. The van der Waals surface area contributed by atoms with Gasteiger partial charge in [0.1, 0.15) is 12.1 Å². The second-order valence-corrected chi connectivity index (χ2v) is 5.23. The Hall–Kier alpha value is -1.12. The molecule has 1 aliphatic carbocycles. The summed E-state index contributed by atoms with van der Waals surface area (Å²) in [5.74, 6) is 2.16. The van der Waals surface area contributed by atoms with E-state index in [1.54, 1.807) is 6.33 Å².